The Morgan fingerprint density at radius 3 is 2.54 bits per heavy atom. The Kier molecular flexibility index (Phi) is 6.46. The Hall–Kier alpha value is -3.55. The Bertz CT molecular complexity index is 970. The average Bonchev–Trinajstić information content (AvgIpc) is 2.68. The highest BCUT2D eigenvalue weighted by Crippen LogP contribution is 2.11. The first-order valence-corrected chi connectivity index (χ1v) is 9.10. The molecule has 2 aromatic heterocycles. The summed E-state index contributed by atoms with van der Waals surface area (Å²) in [7, 11) is 0. The van der Waals surface area contributed by atoms with Gasteiger partial charge in [0, 0.05) is 11.8 Å². The molecule has 4 N–H and O–H groups in total. The number of aromatic nitrogens is 4. The van der Waals surface area contributed by atoms with Crippen molar-refractivity contribution in [3.63, 3.8) is 0 Å². The third kappa shape index (κ3) is 5.73. The summed E-state index contributed by atoms with van der Waals surface area (Å²) in [5.41, 5.74) is 7.97. The molecule has 28 heavy (non-hydrogen) atoms. The van der Waals surface area contributed by atoms with Crippen LogP contribution < -0.4 is 16.7 Å². The van der Waals surface area contributed by atoms with Crippen LogP contribution in [0.5, 0.6) is 0 Å². The standard InChI is InChI=1S/C20H22N6O2/c21-19-15(13-22-20(28)24-19)8-4-5-9-16-10-11-17(26-25-16)23-18(27)12-14-6-2-1-3-7-14/h1-3,6-7,10-11,13H,4-5,8-9,12H2,(H,23,26,27)(H3,21,22,24,28). The molecule has 3 rings (SSSR count). The van der Waals surface area contributed by atoms with Gasteiger partial charge in [-0.3, -0.25) is 9.78 Å². The molecule has 0 aliphatic carbocycles. The first-order chi connectivity index (χ1) is 13.6. The highest BCUT2D eigenvalue weighted by molar-refractivity contribution is 5.91. The van der Waals surface area contributed by atoms with E-state index in [1.165, 1.54) is 6.20 Å². The number of hydrogen-bond donors (Lipinski definition) is 3. The van der Waals surface area contributed by atoms with Crippen LogP contribution in [-0.2, 0) is 24.1 Å². The van der Waals surface area contributed by atoms with E-state index in [0.717, 1.165) is 42.5 Å². The maximum absolute atomic E-state index is 12.0. The smallest absolute Gasteiger partial charge is 0.346 e. The van der Waals surface area contributed by atoms with Crippen molar-refractivity contribution < 1.29 is 4.79 Å². The molecule has 0 unspecified atom stereocenters. The fourth-order valence-electron chi connectivity index (χ4n) is 2.78. The van der Waals surface area contributed by atoms with Crippen LogP contribution in [0.2, 0.25) is 0 Å². The monoisotopic (exact) mass is 378 g/mol. The molecule has 0 radical (unpaired) electrons. The van der Waals surface area contributed by atoms with Crippen LogP contribution in [0.15, 0.2) is 53.5 Å². The van der Waals surface area contributed by atoms with Crippen molar-refractivity contribution in [2.75, 3.05) is 11.1 Å². The normalized spacial score (nSPS) is 10.6. The van der Waals surface area contributed by atoms with Crippen LogP contribution >= 0.6 is 0 Å². The molecule has 1 aromatic carbocycles. The van der Waals surface area contributed by atoms with Crippen molar-refractivity contribution in [1.29, 1.82) is 0 Å². The number of carbonyl (C=O) groups excluding carboxylic acids is 1. The van der Waals surface area contributed by atoms with Crippen LogP contribution in [0.25, 0.3) is 0 Å². The number of nitrogens with two attached hydrogens (primary N) is 1. The molecular formula is C20H22N6O2. The third-order valence-corrected chi connectivity index (χ3v) is 4.25. The van der Waals surface area contributed by atoms with Gasteiger partial charge in [0.15, 0.2) is 5.82 Å². The van der Waals surface area contributed by atoms with Gasteiger partial charge in [-0.05, 0) is 43.4 Å². The molecule has 2 heterocycles. The molecule has 0 atom stereocenters. The highest BCUT2D eigenvalue weighted by atomic mass is 16.1. The number of benzene rings is 1. The number of aryl methyl sites for hydroxylation is 2. The lowest BCUT2D eigenvalue weighted by atomic mass is 10.1. The van der Waals surface area contributed by atoms with Gasteiger partial charge in [0.1, 0.15) is 5.82 Å². The van der Waals surface area contributed by atoms with Gasteiger partial charge in [-0.15, -0.1) is 5.10 Å². The molecule has 144 valence electrons. The van der Waals surface area contributed by atoms with Crippen LogP contribution in [0, 0.1) is 0 Å². The van der Waals surface area contributed by atoms with E-state index in [2.05, 4.69) is 25.5 Å². The minimum absolute atomic E-state index is 0.125. The van der Waals surface area contributed by atoms with E-state index in [-0.39, 0.29) is 5.91 Å². The molecule has 0 aliphatic rings. The van der Waals surface area contributed by atoms with E-state index in [1.807, 2.05) is 36.4 Å². The topological polar surface area (TPSA) is 127 Å². The lowest BCUT2D eigenvalue weighted by molar-refractivity contribution is -0.115. The molecule has 8 heteroatoms. The number of nitrogens with one attached hydrogen (secondary N) is 2. The van der Waals surface area contributed by atoms with Gasteiger partial charge in [-0.1, -0.05) is 30.3 Å². The van der Waals surface area contributed by atoms with Crippen molar-refractivity contribution in [2.45, 2.75) is 32.1 Å². The number of H-pyrrole nitrogens is 1. The Morgan fingerprint density at radius 1 is 1.04 bits per heavy atom. The van der Waals surface area contributed by atoms with Gasteiger partial charge in [0.25, 0.3) is 0 Å². The Morgan fingerprint density at radius 2 is 1.82 bits per heavy atom. The molecule has 1 amide bonds. The number of anilines is 2. The average molecular weight is 378 g/mol. The van der Waals surface area contributed by atoms with Crippen LogP contribution in [-0.4, -0.2) is 26.1 Å². The SMILES string of the molecule is Nc1[nH]c(=O)ncc1CCCCc1ccc(NC(=O)Cc2ccccc2)nn1. The molecule has 8 nitrogen and oxygen atoms in total. The molecule has 0 saturated carbocycles. The van der Waals surface area contributed by atoms with Crippen LogP contribution in [0.3, 0.4) is 0 Å². The summed E-state index contributed by atoms with van der Waals surface area (Å²) >= 11 is 0. The van der Waals surface area contributed by atoms with E-state index < -0.39 is 5.69 Å². The maximum atomic E-state index is 12.0. The number of carbonyl (C=O) groups is 1. The zero-order valence-electron chi connectivity index (χ0n) is 15.4. The number of nitrogen functional groups attached to an aromatic ring is 1. The van der Waals surface area contributed by atoms with Crippen molar-refractivity contribution in [3.05, 3.63) is 76.0 Å². The largest absolute Gasteiger partial charge is 0.385 e. The zero-order valence-corrected chi connectivity index (χ0v) is 15.4. The summed E-state index contributed by atoms with van der Waals surface area (Å²) in [6.07, 6.45) is 5.09. The zero-order chi connectivity index (χ0) is 19.8. The number of rotatable bonds is 8. The fourth-order valence-corrected chi connectivity index (χ4v) is 2.78. The van der Waals surface area contributed by atoms with Gasteiger partial charge in [0.2, 0.25) is 5.91 Å². The first kappa shape index (κ1) is 19.2. The van der Waals surface area contributed by atoms with Gasteiger partial charge in [-0.2, -0.15) is 5.10 Å². The lowest BCUT2D eigenvalue weighted by Gasteiger charge is -2.06. The molecule has 0 spiro atoms. The van der Waals surface area contributed by atoms with Crippen molar-refractivity contribution in [3.8, 4) is 0 Å². The highest BCUT2D eigenvalue weighted by Gasteiger charge is 2.06. The lowest BCUT2D eigenvalue weighted by Crippen LogP contribution is -2.15. The predicted molar refractivity (Wildman–Crippen MR) is 107 cm³/mol. The fraction of sp³-hybridized carbons (Fsp3) is 0.250. The second kappa shape index (κ2) is 9.40. The van der Waals surface area contributed by atoms with Crippen molar-refractivity contribution >= 4 is 17.5 Å². The van der Waals surface area contributed by atoms with Gasteiger partial charge in [-0.25, -0.2) is 9.78 Å². The number of aromatic amines is 1. The Labute approximate surface area is 162 Å². The molecule has 0 fully saturated rings. The van der Waals surface area contributed by atoms with E-state index in [9.17, 15) is 9.59 Å². The van der Waals surface area contributed by atoms with Crippen molar-refractivity contribution in [2.24, 2.45) is 0 Å². The van der Waals surface area contributed by atoms with Gasteiger partial charge < -0.3 is 11.1 Å². The summed E-state index contributed by atoms with van der Waals surface area (Å²) in [5.74, 6) is 0.688. The van der Waals surface area contributed by atoms with Crippen LogP contribution in [0.4, 0.5) is 11.6 Å². The van der Waals surface area contributed by atoms with E-state index in [4.69, 9.17) is 5.73 Å². The summed E-state index contributed by atoms with van der Waals surface area (Å²) in [4.78, 5) is 29.3. The number of hydrogen-bond acceptors (Lipinski definition) is 6. The summed E-state index contributed by atoms with van der Waals surface area (Å²) in [6, 6.07) is 13.2. The number of nitrogens with zero attached hydrogens (tertiary/aromatic N) is 3. The Balaban J connectivity index is 1.42. The maximum Gasteiger partial charge on any atom is 0.346 e. The minimum Gasteiger partial charge on any atom is -0.385 e. The quantitative estimate of drug-likeness (QED) is 0.514. The predicted octanol–water partition coefficient (Wildman–Crippen LogP) is 1.89. The summed E-state index contributed by atoms with van der Waals surface area (Å²) in [6.45, 7) is 0. The first-order valence-electron chi connectivity index (χ1n) is 9.10. The molecular weight excluding hydrogens is 356 g/mol. The van der Waals surface area contributed by atoms with Crippen molar-refractivity contribution in [1.82, 2.24) is 20.2 Å². The molecule has 0 aliphatic heterocycles. The van der Waals surface area contributed by atoms with E-state index >= 15 is 0 Å². The van der Waals surface area contributed by atoms with E-state index in [1.54, 1.807) is 6.07 Å². The summed E-state index contributed by atoms with van der Waals surface area (Å²) < 4.78 is 0. The van der Waals surface area contributed by atoms with Gasteiger partial charge in [0.05, 0.1) is 12.1 Å². The summed E-state index contributed by atoms with van der Waals surface area (Å²) in [5, 5.41) is 11.0. The number of unbranched alkanes of at least 4 members (excludes halogenated alkanes) is 1. The second-order valence-corrected chi connectivity index (χ2v) is 6.45. The van der Waals surface area contributed by atoms with Gasteiger partial charge >= 0.3 is 5.69 Å². The molecule has 0 bridgehead atoms. The molecule has 3 aromatic rings. The van der Waals surface area contributed by atoms with Crippen LogP contribution in [0.1, 0.15) is 29.7 Å². The second-order valence-electron chi connectivity index (χ2n) is 6.45. The molecule has 0 saturated heterocycles. The van der Waals surface area contributed by atoms with E-state index in [0.29, 0.717) is 18.1 Å². The minimum atomic E-state index is -0.438. The third-order valence-electron chi connectivity index (χ3n) is 4.25. The number of amides is 1.